The number of guanidine groups is 1. The van der Waals surface area contributed by atoms with E-state index in [1.165, 1.54) is 5.01 Å². The van der Waals surface area contributed by atoms with E-state index < -0.39 is 27.7 Å². The first kappa shape index (κ1) is 30.0. The number of nitrogens with two attached hydrogens (primary N) is 1. The first-order chi connectivity index (χ1) is 18.6. The fourth-order valence-corrected chi connectivity index (χ4v) is 5.69. The number of halogens is 4. The Bertz CT molecular complexity index is 1400. The Labute approximate surface area is 237 Å². The normalized spacial score (nSPS) is 20.6. The molecule has 13 heteroatoms. The van der Waals surface area contributed by atoms with Crippen molar-refractivity contribution < 1.29 is 21.6 Å². The molecule has 1 atom stereocenters. The molecular weight excluding hydrogens is 565 g/mol. The average molecular weight is 597 g/mol. The quantitative estimate of drug-likeness (QED) is 0.376. The molecule has 0 aromatic heterocycles. The molecule has 0 saturated carbocycles. The number of piperidine rings is 1. The SMILES string of the molecule is CC(C)(C)/C(N)=N/C(=N/S(=O)(=O)N1CCC(C(F)(F)F)CC1)N1CC(c2ccccc2)C(c2ccc(Cl)cc2)=N1. The van der Waals surface area contributed by atoms with Gasteiger partial charge in [0.2, 0.25) is 0 Å². The van der Waals surface area contributed by atoms with Crippen LogP contribution in [-0.4, -0.2) is 61.0 Å². The highest BCUT2D eigenvalue weighted by molar-refractivity contribution is 7.87. The van der Waals surface area contributed by atoms with E-state index >= 15 is 0 Å². The third kappa shape index (κ3) is 7.02. The largest absolute Gasteiger partial charge is 0.391 e. The summed E-state index contributed by atoms with van der Waals surface area (Å²) in [6.45, 7) is 5.08. The second-order valence-corrected chi connectivity index (χ2v) is 12.9. The van der Waals surface area contributed by atoms with Crippen LogP contribution in [0.1, 0.15) is 50.7 Å². The van der Waals surface area contributed by atoms with Gasteiger partial charge in [-0.3, -0.25) is 0 Å². The summed E-state index contributed by atoms with van der Waals surface area (Å²) < 4.78 is 71.1. The van der Waals surface area contributed by atoms with Gasteiger partial charge < -0.3 is 5.73 Å². The number of hydrogen-bond donors (Lipinski definition) is 1. The van der Waals surface area contributed by atoms with Crippen molar-refractivity contribution >= 4 is 39.3 Å². The third-order valence-corrected chi connectivity index (χ3v) is 8.58. The summed E-state index contributed by atoms with van der Waals surface area (Å²) in [6, 6.07) is 16.7. The minimum absolute atomic E-state index is 0.128. The summed E-state index contributed by atoms with van der Waals surface area (Å²) in [4.78, 5) is 4.39. The van der Waals surface area contributed by atoms with Crippen molar-refractivity contribution in [2.24, 2.45) is 31.6 Å². The molecule has 0 amide bonds. The van der Waals surface area contributed by atoms with E-state index in [2.05, 4.69) is 9.39 Å². The van der Waals surface area contributed by atoms with Crippen molar-refractivity contribution in [1.82, 2.24) is 9.31 Å². The van der Waals surface area contributed by atoms with Crippen molar-refractivity contribution in [3.8, 4) is 0 Å². The molecule has 2 aromatic carbocycles. The summed E-state index contributed by atoms with van der Waals surface area (Å²) in [5.41, 5.74) is 8.01. The van der Waals surface area contributed by atoms with Crippen LogP contribution >= 0.6 is 11.6 Å². The number of aliphatic imine (C=N–C) groups is 1. The Kier molecular flexibility index (Phi) is 8.63. The van der Waals surface area contributed by atoms with Gasteiger partial charge in [0.15, 0.2) is 0 Å². The monoisotopic (exact) mass is 596 g/mol. The predicted molar refractivity (Wildman–Crippen MR) is 152 cm³/mol. The first-order valence-electron chi connectivity index (χ1n) is 12.8. The average Bonchev–Trinajstić information content (AvgIpc) is 3.34. The number of benzene rings is 2. The van der Waals surface area contributed by atoms with Crippen LogP contribution in [-0.2, 0) is 10.2 Å². The van der Waals surface area contributed by atoms with Crippen LogP contribution in [0.4, 0.5) is 13.2 Å². The number of amidine groups is 1. The van der Waals surface area contributed by atoms with Crippen LogP contribution in [0, 0.1) is 11.3 Å². The molecular formula is C27H32ClF3N6O2S. The second-order valence-electron chi connectivity index (χ2n) is 10.9. The fraction of sp³-hybridized carbons (Fsp3) is 0.444. The smallest absolute Gasteiger partial charge is 0.387 e. The van der Waals surface area contributed by atoms with Crippen molar-refractivity contribution in [1.29, 1.82) is 0 Å². The summed E-state index contributed by atoms with van der Waals surface area (Å²) >= 11 is 6.10. The maximum Gasteiger partial charge on any atom is 0.391 e. The van der Waals surface area contributed by atoms with Gasteiger partial charge in [0.25, 0.3) is 5.96 Å². The van der Waals surface area contributed by atoms with E-state index in [4.69, 9.17) is 22.4 Å². The van der Waals surface area contributed by atoms with Gasteiger partial charge in [-0.1, -0.05) is 74.8 Å². The highest BCUT2D eigenvalue weighted by Gasteiger charge is 2.43. The lowest BCUT2D eigenvalue weighted by atomic mass is 9.91. The number of rotatable bonds is 4. The van der Waals surface area contributed by atoms with Crippen molar-refractivity contribution in [2.75, 3.05) is 19.6 Å². The molecule has 1 unspecified atom stereocenters. The molecule has 2 aromatic rings. The summed E-state index contributed by atoms with van der Waals surface area (Å²) in [5, 5.41) is 6.68. The molecule has 8 nitrogen and oxygen atoms in total. The molecule has 2 aliphatic heterocycles. The highest BCUT2D eigenvalue weighted by Crippen LogP contribution is 2.35. The van der Waals surface area contributed by atoms with E-state index in [-0.39, 0.29) is 50.2 Å². The predicted octanol–water partition coefficient (Wildman–Crippen LogP) is 5.42. The lowest BCUT2D eigenvalue weighted by Gasteiger charge is -2.31. The Morgan fingerprint density at radius 1 is 1.02 bits per heavy atom. The summed E-state index contributed by atoms with van der Waals surface area (Å²) in [6.07, 6.45) is -5.04. The maximum atomic E-state index is 13.3. The number of hydrazone groups is 1. The van der Waals surface area contributed by atoms with Gasteiger partial charge in [-0.15, -0.1) is 4.40 Å². The van der Waals surface area contributed by atoms with Crippen LogP contribution in [0.5, 0.6) is 0 Å². The Balaban J connectivity index is 1.75. The van der Waals surface area contributed by atoms with E-state index in [0.717, 1.165) is 15.4 Å². The zero-order valence-corrected chi connectivity index (χ0v) is 24.0. The van der Waals surface area contributed by atoms with Gasteiger partial charge in [-0.25, -0.2) is 5.01 Å². The molecule has 0 bridgehead atoms. The first-order valence-corrected chi connectivity index (χ1v) is 14.6. The maximum absolute atomic E-state index is 13.3. The number of hydrogen-bond acceptors (Lipinski definition) is 3. The highest BCUT2D eigenvalue weighted by atomic mass is 35.5. The summed E-state index contributed by atoms with van der Waals surface area (Å²) in [5.74, 6) is -1.93. The molecule has 0 aliphatic carbocycles. The van der Waals surface area contributed by atoms with Gasteiger partial charge in [-0.05, 0) is 36.1 Å². The molecule has 1 fully saturated rings. The van der Waals surface area contributed by atoms with Crippen LogP contribution in [0.15, 0.2) is 69.1 Å². The van der Waals surface area contributed by atoms with E-state index in [1.54, 1.807) is 12.1 Å². The molecule has 4 rings (SSSR count). The van der Waals surface area contributed by atoms with E-state index in [9.17, 15) is 21.6 Å². The molecule has 1 saturated heterocycles. The van der Waals surface area contributed by atoms with Gasteiger partial charge in [0, 0.05) is 29.4 Å². The zero-order valence-electron chi connectivity index (χ0n) is 22.4. The fourth-order valence-electron chi connectivity index (χ4n) is 4.43. The van der Waals surface area contributed by atoms with Crippen LogP contribution in [0.3, 0.4) is 0 Å². The van der Waals surface area contributed by atoms with Gasteiger partial charge in [-0.2, -0.15) is 36.0 Å². The van der Waals surface area contributed by atoms with Crippen molar-refractivity contribution in [3.05, 3.63) is 70.7 Å². The minimum Gasteiger partial charge on any atom is -0.387 e. The van der Waals surface area contributed by atoms with Gasteiger partial charge >= 0.3 is 16.4 Å². The molecule has 40 heavy (non-hydrogen) atoms. The number of nitrogens with zero attached hydrogens (tertiary/aromatic N) is 5. The number of alkyl halides is 3. The van der Waals surface area contributed by atoms with E-state index in [0.29, 0.717) is 10.7 Å². The molecule has 0 spiro atoms. The van der Waals surface area contributed by atoms with E-state index in [1.807, 2.05) is 63.2 Å². The topological polar surface area (TPSA) is 104 Å². The van der Waals surface area contributed by atoms with Crippen molar-refractivity contribution in [3.63, 3.8) is 0 Å². The Morgan fingerprint density at radius 3 is 2.17 bits per heavy atom. The van der Waals surface area contributed by atoms with Gasteiger partial charge in [0.1, 0.15) is 5.84 Å². The second kappa shape index (κ2) is 11.5. The molecule has 0 radical (unpaired) electrons. The molecule has 2 aliphatic rings. The molecule has 216 valence electrons. The van der Waals surface area contributed by atoms with Crippen LogP contribution < -0.4 is 5.73 Å². The zero-order chi connectivity index (χ0) is 29.3. The van der Waals surface area contributed by atoms with Crippen LogP contribution in [0.25, 0.3) is 0 Å². The van der Waals surface area contributed by atoms with Gasteiger partial charge in [0.05, 0.1) is 18.2 Å². The standard InChI is InChI=1S/C27H32ClF3N6O2S/c1-26(2,3)24(32)33-25(35-40(38,39)36-15-13-20(14-16-36)27(29,30)31)37-17-22(18-7-5-4-6-8-18)23(34-37)19-9-11-21(28)12-10-19/h4-12,20,22H,13-17H2,1-3H3,(H2,32,33,35). The minimum atomic E-state index is -4.39. The Morgan fingerprint density at radius 2 is 1.62 bits per heavy atom. The molecule has 2 N–H and O–H groups in total. The third-order valence-electron chi connectivity index (χ3n) is 6.92. The Hall–Kier alpha value is -2.96. The lowest BCUT2D eigenvalue weighted by molar-refractivity contribution is -0.182. The van der Waals surface area contributed by atoms with Crippen LogP contribution in [0.2, 0.25) is 5.02 Å². The summed E-state index contributed by atoms with van der Waals surface area (Å²) in [7, 11) is -4.39. The van der Waals surface area contributed by atoms with Crippen molar-refractivity contribution in [2.45, 2.75) is 45.7 Å². The lowest BCUT2D eigenvalue weighted by Crippen LogP contribution is -2.42. The molecule has 2 heterocycles.